The molecule has 27 heavy (non-hydrogen) atoms. The van der Waals surface area contributed by atoms with Crippen molar-refractivity contribution in [2.24, 2.45) is 0 Å². The van der Waals surface area contributed by atoms with Gasteiger partial charge in [-0.2, -0.15) is 0 Å². The summed E-state index contributed by atoms with van der Waals surface area (Å²) in [5.41, 5.74) is 1.63. The summed E-state index contributed by atoms with van der Waals surface area (Å²) in [7, 11) is 1.37. The quantitative estimate of drug-likeness (QED) is 0.819. The number of nitrogens with zero attached hydrogens (tertiary/aromatic N) is 1. The molecule has 1 atom stereocenters. The Morgan fingerprint density at radius 2 is 2.00 bits per heavy atom. The highest BCUT2D eigenvalue weighted by atomic mass is 19.1. The van der Waals surface area contributed by atoms with Gasteiger partial charge in [0.25, 0.3) is 5.91 Å². The van der Waals surface area contributed by atoms with Gasteiger partial charge in [0.2, 0.25) is 11.8 Å². The summed E-state index contributed by atoms with van der Waals surface area (Å²) in [4.78, 5) is 38.0. The molecule has 1 N–H and O–H groups in total. The van der Waals surface area contributed by atoms with E-state index >= 15 is 0 Å². The molecule has 1 aliphatic rings. The van der Waals surface area contributed by atoms with E-state index in [1.807, 2.05) is 0 Å². The molecule has 0 unspecified atom stereocenters. The molecule has 1 aliphatic heterocycles. The van der Waals surface area contributed by atoms with E-state index in [0.717, 1.165) is 4.90 Å². The van der Waals surface area contributed by atoms with Crippen molar-refractivity contribution in [3.63, 3.8) is 0 Å². The second kappa shape index (κ2) is 7.57. The number of benzene rings is 2. The third-order valence-electron chi connectivity index (χ3n) is 4.49. The summed E-state index contributed by atoms with van der Waals surface area (Å²) in [6.07, 6.45) is 0.0778. The Hall–Kier alpha value is -3.22. The number of hydrogen-bond acceptors (Lipinski definition) is 4. The van der Waals surface area contributed by atoms with Gasteiger partial charge in [0.15, 0.2) is 11.6 Å². The van der Waals surface area contributed by atoms with Crippen molar-refractivity contribution in [2.45, 2.75) is 19.4 Å². The molecule has 2 aromatic carbocycles. The second-order valence-corrected chi connectivity index (χ2v) is 6.30. The number of hydrogen-bond donors (Lipinski definition) is 1. The maximum atomic E-state index is 13.8. The summed E-state index contributed by atoms with van der Waals surface area (Å²) >= 11 is 0. The molecule has 0 saturated heterocycles. The van der Waals surface area contributed by atoms with Gasteiger partial charge in [-0.05, 0) is 36.2 Å². The van der Waals surface area contributed by atoms with Crippen molar-refractivity contribution in [2.75, 3.05) is 13.7 Å². The zero-order chi connectivity index (χ0) is 19.6. The molecule has 7 heteroatoms. The molecule has 1 heterocycles. The number of rotatable bonds is 5. The predicted octanol–water partition coefficient (Wildman–Crippen LogP) is 2.24. The van der Waals surface area contributed by atoms with Crippen LogP contribution in [0.3, 0.4) is 0 Å². The van der Waals surface area contributed by atoms with E-state index in [1.54, 1.807) is 37.3 Å². The highest BCUT2D eigenvalue weighted by Gasteiger charge is 2.32. The van der Waals surface area contributed by atoms with Crippen LogP contribution >= 0.6 is 0 Å². The van der Waals surface area contributed by atoms with Crippen molar-refractivity contribution in [3.8, 4) is 5.75 Å². The van der Waals surface area contributed by atoms with Crippen molar-refractivity contribution in [1.82, 2.24) is 10.2 Å². The lowest BCUT2D eigenvalue weighted by Gasteiger charge is -2.27. The van der Waals surface area contributed by atoms with Crippen LogP contribution in [0.5, 0.6) is 5.75 Å². The Morgan fingerprint density at radius 3 is 2.70 bits per heavy atom. The van der Waals surface area contributed by atoms with Crippen LogP contribution in [-0.4, -0.2) is 36.3 Å². The molecule has 0 spiro atoms. The minimum Gasteiger partial charge on any atom is -0.494 e. The lowest BCUT2D eigenvalue weighted by molar-refractivity contribution is -0.133. The first kappa shape index (κ1) is 18.6. The van der Waals surface area contributed by atoms with Gasteiger partial charge in [-0.15, -0.1) is 0 Å². The van der Waals surface area contributed by atoms with Crippen LogP contribution in [0.15, 0.2) is 42.5 Å². The molecule has 3 amide bonds. The highest BCUT2D eigenvalue weighted by molar-refractivity contribution is 6.11. The molecular weight excluding hydrogens is 351 g/mol. The average Bonchev–Trinajstić information content (AvgIpc) is 2.65. The largest absolute Gasteiger partial charge is 0.494 e. The SMILES string of the molecule is COc1ccc([C@H](C)NC(=O)CN2C(=O)Cc3ccccc3C2=O)cc1F. The summed E-state index contributed by atoms with van der Waals surface area (Å²) in [6.45, 7) is 1.31. The predicted molar refractivity (Wildman–Crippen MR) is 95.7 cm³/mol. The zero-order valence-corrected chi connectivity index (χ0v) is 15.0. The van der Waals surface area contributed by atoms with Gasteiger partial charge in [-0.25, -0.2) is 4.39 Å². The van der Waals surface area contributed by atoms with Gasteiger partial charge in [0, 0.05) is 5.56 Å². The third kappa shape index (κ3) is 3.81. The first-order chi connectivity index (χ1) is 12.9. The van der Waals surface area contributed by atoms with Gasteiger partial charge in [-0.3, -0.25) is 19.3 Å². The smallest absolute Gasteiger partial charge is 0.261 e. The van der Waals surface area contributed by atoms with Gasteiger partial charge in [0.05, 0.1) is 19.6 Å². The summed E-state index contributed by atoms with van der Waals surface area (Å²) in [6, 6.07) is 10.7. The Bertz CT molecular complexity index is 913. The van der Waals surface area contributed by atoms with Crippen molar-refractivity contribution >= 4 is 17.7 Å². The number of carbonyl (C=O) groups excluding carboxylic acids is 3. The highest BCUT2D eigenvalue weighted by Crippen LogP contribution is 2.22. The standard InChI is InChI=1S/C20H19FN2O4/c1-12(13-7-8-17(27-2)16(21)9-13)22-18(24)11-23-19(25)10-14-5-3-4-6-15(14)20(23)26/h3-9,12H,10-11H2,1-2H3,(H,22,24)/t12-/m0/s1. The van der Waals surface area contributed by atoms with Crippen molar-refractivity contribution in [1.29, 1.82) is 0 Å². The maximum Gasteiger partial charge on any atom is 0.261 e. The van der Waals surface area contributed by atoms with Crippen LogP contribution in [0.25, 0.3) is 0 Å². The Morgan fingerprint density at radius 1 is 1.26 bits per heavy atom. The lowest BCUT2D eigenvalue weighted by Crippen LogP contribution is -2.47. The van der Waals surface area contributed by atoms with E-state index in [2.05, 4.69) is 5.32 Å². The van der Waals surface area contributed by atoms with Crippen LogP contribution in [0.1, 0.15) is 34.5 Å². The normalized spacial score (nSPS) is 14.6. The number of halogens is 1. The minimum atomic E-state index is -0.533. The first-order valence-corrected chi connectivity index (χ1v) is 8.46. The van der Waals surface area contributed by atoms with E-state index in [9.17, 15) is 18.8 Å². The van der Waals surface area contributed by atoms with E-state index in [0.29, 0.717) is 16.7 Å². The Balaban J connectivity index is 1.68. The molecule has 3 rings (SSSR count). The molecule has 6 nitrogen and oxygen atoms in total. The zero-order valence-electron chi connectivity index (χ0n) is 15.0. The summed E-state index contributed by atoms with van der Waals surface area (Å²) < 4.78 is 18.7. The van der Waals surface area contributed by atoms with Gasteiger partial charge >= 0.3 is 0 Å². The topological polar surface area (TPSA) is 75.7 Å². The number of fused-ring (bicyclic) bond motifs is 1. The van der Waals surface area contributed by atoms with Gasteiger partial charge < -0.3 is 10.1 Å². The Labute approximate surface area is 155 Å². The number of methoxy groups -OCH3 is 1. The average molecular weight is 370 g/mol. The molecule has 0 fully saturated rings. The number of nitrogens with one attached hydrogen (secondary N) is 1. The fraction of sp³-hybridized carbons (Fsp3) is 0.250. The summed E-state index contributed by atoms with van der Waals surface area (Å²) in [5.74, 6) is -1.83. The lowest BCUT2D eigenvalue weighted by atomic mass is 9.98. The Kier molecular flexibility index (Phi) is 5.21. The van der Waals surface area contributed by atoms with Crippen LogP contribution in [-0.2, 0) is 16.0 Å². The van der Waals surface area contributed by atoms with E-state index in [-0.39, 0.29) is 18.7 Å². The first-order valence-electron chi connectivity index (χ1n) is 8.46. The van der Waals surface area contributed by atoms with E-state index in [1.165, 1.54) is 19.2 Å². The fourth-order valence-electron chi connectivity index (χ4n) is 3.03. The molecular formula is C20H19FN2O4. The second-order valence-electron chi connectivity index (χ2n) is 6.30. The number of carbonyl (C=O) groups is 3. The summed E-state index contributed by atoms with van der Waals surface area (Å²) in [5, 5.41) is 2.68. The maximum absolute atomic E-state index is 13.8. The minimum absolute atomic E-state index is 0.0778. The third-order valence-corrected chi connectivity index (χ3v) is 4.49. The van der Waals surface area contributed by atoms with E-state index in [4.69, 9.17) is 4.74 Å². The fourth-order valence-corrected chi connectivity index (χ4v) is 3.03. The van der Waals surface area contributed by atoms with Crippen LogP contribution < -0.4 is 10.1 Å². The molecule has 0 bridgehead atoms. The van der Waals surface area contributed by atoms with Crippen molar-refractivity contribution < 1.29 is 23.5 Å². The molecule has 0 radical (unpaired) electrons. The molecule has 2 aromatic rings. The van der Waals surface area contributed by atoms with Gasteiger partial charge in [0.1, 0.15) is 6.54 Å². The van der Waals surface area contributed by atoms with Crippen molar-refractivity contribution in [3.05, 3.63) is 65.0 Å². The number of ether oxygens (including phenoxy) is 1. The molecule has 0 saturated carbocycles. The number of amides is 3. The number of imide groups is 1. The molecule has 0 aromatic heterocycles. The van der Waals surface area contributed by atoms with Crippen LogP contribution in [0.2, 0.25) is 0 Å². The molecule has 140 valence electrons. The van der Waals surface area contributed by atoms with Gasteiger partial charge in [-0.1, -0.05) is 24.3 Å². The van der Waals surface area contributed by atoms with Crippen LogP contribution in [0, 0.1) is 5.82 Å². The van der Waals surface area contributed by atoms with E-state index < -0.39 is 29.6 Å². The monoisotopic (exact) mass is 370 g/mol. The van der Waals surface area contributed by atoms with Crippen LogP contribution in [0.4, 0.5) is 4.39 Å². The molecule has 0 aliphatic carbocycles.